The average molecular weight is 352 g/mol. The van der Waals surface area contributed by atoms with Crippen molar-refractivity contribution >= 4 is 5.91 Å². The molecule has 0 aliphatic carbocycles. The molecule has 27 heavy (non-hydrogen) atoms. The van der Waals surface area contributed by atoms with Gasteiger partial charge in [-0.1, -0.05) is 78.4 Å². The molecule has 1 heterocycles. The molecule has 0 radical (unpaired) electrons. The highest BCUT2D eigenvalue weighted by Crippen LogP contribution is 2.32. The molecular weight excluding hydrogens is 332 g/mol. The number of hydrogen-bond acceptors (Lipinski definition) is 2. The number of carbonyl (C=O) groups excluding carboxylic acids is 1. The molecule has 3 aromatic carbocycles. The van der Waals surface area contributed by atoms with Crippen molar-refractivity contribution in [2.24, 2.45) is 0 Å². The van der Waals surface area contributed by atoms with Gasteiger partial charge in [-0.15, -0.1) is 0 Å². The Morgan fingerprint density at radius 3 is 1.96 bits per heavy atom. The molecule has 0 amide bonds. The summed E-state index contributed by atoms with van der Waals surface area (Å²) in [6.45, 7) is 4.09. The first kappa shape index (κ1) is 17.0. The SMILES string of the molecule is Cc1ccc(-c2nn(C(=O)c3ccccc3)c(-c3ccccc3)c2C)cc1. The second-order valence-electron chi connectivity index (χ2n) is 6.64. The zero-order chi connectivity index (χ0) is 18.8. The number of aromatic nitrogens is 2. The van der Waals surface area contributed by atoms with Crippen LogP contribution in [0.4, 0.5) is 0 Å². The largest absolute Gasteiger partial charge is 0.278 e. The number of aryl methyl sites for hydroxylation is 1. The molecule has 0 N–H and O–H groups in total. The van der Waals surface area contributed by atoms with Gasteiger partial charge in [0, 0.05) is 22.3 Å². The minimum Gasteiger partial charge on any atom is -0.267 e. The van der Waals surface area contributed by atoms with E-state index in [1.807, 2.05) is 67.6 Å². The third kappa shape index (κ3) is 3.20. The summed E-state index contributed by atoms with van der Waals surface area (Å²) >= 11 is 0. The van der Waals surface area contributed by atoms with Gasteiger partial charge < -0.3 is 0 Å². The fourth-order valence-electron chi connectivity index (χ4n) is 3.27. The molecule has 0 spiro atoms. The van der Waals surface area contributed by atoms with Crippen LogP contribution in [0, 0.1) is 13.8 Å². The van der Waals surface area contributed by atoms with Crippen LogP contribution < -0.4 is 0 Å². The van der Waals surface area contributed by atoms with Crippen molar-refractivity contribution in [2.45, 2.75) is 13.8 Å². The molecule has 0 saturated carbocycles. The standard InChI is InChI=1S/C24H20N2O/c1-17-13-15-19(16-14-17)22-18(2)23(20-9-5-3-6-10-20)26(25-22)24(27)21-11-7-4-8-12-21/h3-16H,1-2H3. The van der Waals surface area contributed by atoms with Gasteiger partial charge in [-0.05, 0) is 26.0 Å². The number of nitrogens with zero attached hydrogens (tertiary/aromatic N) is 2. The predicted octanol–water partition coefficient (Wildman–Crippen LogP) is 5.52. The van der Waals surface area contributed by atoms with E-state index in [1.54, 1.807) is 0 Å². The summed E-state index contributed by atoms with van der Waals surface area (Å²) in [6, 6.07) is 27.5. The second-order valence-corrected chi connectivity index (χ2v) is 6.64. The van der Waals surface area contributed by atoms with Crippen LogP contribution in [-0.4, -0.2) is 15.7 Å². The van der Waals surface area contributed by atoms with Crippen molar-refractivity contribution in [3.05, 3.63) is 102 Å². The molecule has 0 aliphatic heterocycles. The third-order valence-electron chi connectivity index (χ3n) is 4.71. The zero-order valence-corrected chi connectivity index (χ0v) is 15.4. The van der Waals surface area contributed by atoms with Crippen molar-refractivity contribution < 1.29 is 4.79 Å². The quantitative estimate of drug-likeness (QED) is 0.486. The van der Waals surface area contributed by atoms with Crippen LogP contribution in [0.3, 0.4) is 0 Å². The zero-order valence-electron chi connectivity index (χ0n) is 15.4. The van der Waals surface area contributed by atoms with Crippen LogP contribution >= 0.6 is 0 Å². The molecule has 0 fully saturated rings. The van der Waals surface area contributed by atoms with E-state index in [4.69, 9.17) is 5.10 Å². The maximum Gasteiger partial charge on any atom is 0.278 e. The molecular formula is C24H20N2O. The van der Waals surface area contributed by atoms with Gasteiger partial charge in [0.15, 0.2) is 0 Å². The number of hydrogen-bond donors (Lipinski definition) is 0. The first-order chi connectivity index (χ1) is 13.1. The van der Waals surface area contributed by atoms with Gasteiger partial charge >= 0.3 is 0 Å². The van der Waals surface area contributed by atoms with E-state index in [2.05, 4.69) is 31.2 Å². The number of carbonyl (C=O) groups is 1. The van der Waals surface area contributed by atoms with Crippen LogP contribution in [0.25, 0.3) is 22.5 Å². The minimum absolute atomic E-state index is 0.129. The maximum atomic E-state index is 13.2. The minimum atomic E-state index is -0.129. The highest BCUT2D eigenvalue weighted by molar-refractivity contribution is 5.99. The lowest BCUT2D eigenvalue weighted by Crippen LogP contribution is -2.15. The van der Waals surface area contributed by atoms with Crippen molar-refractivity contribution in [3.8, 4) is 22.5 Å². The van der Waals surface area contributed by atoms with Crippen molar-refractivity contribution in [1.82, 2.24) is 9.78 Å². The highest BCUT2D eigenvalue weighted by atomic mass is 16.2. The third-order valence-corrected chi connectivity index (χ3v) is 4.71. The van der Waals surface area contributed by atoms with Gasteiger partial charge in [0.05, 0.1) is 11.4 Å². The average Bonchev–Trinajstić information content (AvgIpc) is 3.06. The van der Waals surface area contributed by atoms with Crippen molar-refractivity contribution in [1.29, 1.82) is 0 Å². The molecule has 0 saturated heterocycles. The lowest BCUT2D eigenvalue weighted by molar-refractivity contribution is 0.0947. The molecule has 0 bridgehead atoms. The summed E-state index contributed by atoms with van der Waals surface area (Å²) in [5.74, 6) is -0.129. The summed E-state index contributed by atoms with van der Waals surface area (Å²) < 4.78 is 1.54. The lowest BCUT2D eigenvalue weighted by atomic mass is 10.0. The van der Waals surface area contributed by atoms with Crippen LogP contribution in [0.2, 0.25) is 0 Å². The molecule has 132 valence electrons. The van der Waals surface area contributed by atoms with Gasteiger partial charge in [0.1, 0.15) is 0 Å². The summed E-state index contributed by atoms with van der Waals surface area (Å²) in [5, 5.41) is 4.73. The maximum absolute atomic E-state index is 13.2. The fraction of sp³-hybridized carbons (Fsp3) is 0.0833. The molecule has 0 aliphatic rings. The Morgan fingerprint density at radius 1 is 0.741 bits per heavy atom. The van der Waals surface area contributed by atoms with Gasteiger partial charge in [-0.2, -0.15) is 9.78 Å². The highest BCUT2D eigenvalue weighted by Gasteiger charge is 2.22. The summed E-state index contributed by atoms with van der Waals surface area (Å²) in [4.78, 5) is 13.2. The Balaban J connectivity index is 1.93. The van der Waals surface area contributed by atoms with Crippen molar-refractivity contribution in [3.63, 3.8) is 0 Å². The number of rotatable bonds is 3. The van der Waals surface area contributed by atoms with Gasteiger partial charge in [-0.3, -0.25) is 4.79 Å². The van der Waals surface area contributed by atoms with E-state index < -0.39 is 0 Å². The molecule has 4 aromatic rings. The van der Waals surface area contributed by atoms with Gasteiger partial charge in [0.25, 0.3) is 5.91 Å². The smallest absolute Gasteiger partial charge is 0.267 e. The normalized spacial score (nSPS) is 10.7. The second kappa shape index (κ2) is 7.04. The van der Waals surface area contributed by atoms with E-state index in [-0.39, 0.29) is 5.91 Å². The van der Waals surface area contributed by atoms with Crippen LogP contribution in [0.1, 0.15) is 21.5 Å². The first-order valence-corrected chi connectivity index (χ1v) is 8.97. The van der Waals surface area contributed by atoms with E-state index in [1.165, 1.54) is 10.2 Å². The Morgan fingerprint density at radius 2 is 1.33 bits per heavy atom. The first-order valence-electron chi connectivity index (χ1n) is 8.97. The van der Waals surface area contributed by atoms with E-state index in [0.29, 0.717) is 5.56 Å². The van der Waals surface area contributed by atoms with E-state index in [0.717, 1.165) is 28.1 Å². The van der Waals surface area contributed by atoms with Crippen LogP contribution in [0.5, 0.6) is 0 Å². The van der Waals surface area contributed by atoms with Gasteiger partial charge in [0.2, 0.25) is 0 Å². The molecule has 4 rings (SSSR count). The summed E-state index contributed by atoms with van der Waals surface area (Å²) in [6.07, 6.45) is 0. The Hall–Kier alpha value is -3.46. The monoisotopic (exact) mass is 352 g/mol. The Labute approximate surface area is 158 Å². The summed E-state index contributed by atoms with van der Waals surface area (Å²) in [7, 11) is 0. The van der Waals surface area contributed by atoms with Crippen LogP contribution in [0.15, 0.2) is 84.9 Å². The molecule has 3 heteroatoms. The van der Waals surface area contributed by atoms with Gasteiger partial charge in [-0.25, -0.2) is 0 Å². The van der Waals surface area contributed by atoms with Crippen LogP contribution in [-0.2, 0) is 0 Å². The Kier molecular flexibility index (Phi) is 4.43. The fourth-order valence-corrected chi connectivity index (χ4v) is 3.27. The lowest BCUT2D eigenvalue weighted by Gasteiger charge is -2.07. The Bertz CT molecular complexity index is 1080. The molecule has 0 unspecified atom stereocenters. The van der Waals surface area contributed by atoms with E-state index in [9.17, 15) is 4.79 Å². The number of benzene rings is 3. The molecule has 0 atom stereocenters. The van der Waals surface area contributed by atoms with Crippen molar-refractivity contribution in [2.75, 3.05) is 0 Å². The molecule has 1 aromatic heterocycles. The molecule has 3 nitrogen and oxygen atoms in total. The van der Waals surface area contributed by atoms with E-state index >= 15 is 0 Å². The topological polar surface area (TPSA) is 34.9 Å². The summed E-state index contributed by atoms with van der Waals surface area (Å²) in [5.41, 5.74) is 6.46. The predicted molar refractivity (Wildman–Crippen MR) is 109 cm³/mol.